The zero-order valence-electron chi connectivity index (χ0n) is 18.5. The van der Waals surface area contributed by atoms with Crippen LogP contribution in [0.3, 0.4) is 0 Å². The molecule has 0 saturated carbocycles. The van der Waals surface area contributed by atoms with Crippen LogP contribution in [0.1, 0.15) is 81.2 Å². The SMILES string of the molecule is Cc1c(C(C)(C)O)csc1S(=O)(=O)NC(=O)Cc1c(C(C)C)cc(F)cc1C(C)C. The molecule has 0 atom stereocenters. The monoisotopic (exact) mass is 455 g/mol. The first-order chi connectivity index (χ1) is 13.6. The summed E-state index contributed by atoms with van der Waals surface area (Å²) in [6, 6.07) is 2.82. The highest BCUT2D eigenvalue weighted by atomic mass is 32.2. The van der Waals surface area contributed by atoms with E-state index in [2.05, 4.69) is 4.72 Å². The number of sulfonamides is 1. The van der Waals surface area contributed by atoms with E-state index >= 15 is 0 Å². The highest BCUT2D eigenvalue weighted by Gasteiger charge is 2.29. The van der Waals surface area contributed by atoms with Crippen molar-refractivity contribution in [1.29, 1.82) is 0 Å². The highest BCUT2D eigenvalue weighted by Crippen LogP contribution is 2.34. The lowest BCUT2D eigenvalue weighted by Crippen LogP contribution is -2.32. The number of amides is 1. The van der Waals surface area contributed by atoms with Crippen molar-refractivity contribution in [2.24, 2.45) is 0 Å². The molecule has 0 spiro atoms. The molecular weight excluding hydrogens is 425 g/mol. The summed E-state index contributed by atoms with van der Waals surface area (Å²) in [6.07, 6.45) is -0.163. The van der Waals surface area contributed by atoms with E-state index in [9.17, 15) is 22.7 Å². The van der Waals surface area contributed by atoms with Gasteiger partial charge in [0.05, 0.1) is 12.0 Å². The van der Waals surface area contributed by atoms with Gasteiger partial charge in [0.25, 0.3) is 10.0 Å². The molecule has 5 nitrogen and oxygen atoms in total. The summed E-state index contributed by atoms with van der Waals surface area (Å²) in [6.45, 7) is 12.4. The third-order valence-corrected chi connectivity index (χ3v) is 8.12. The van der Waals surface area contributed by atoms with Gasteiger partial charge in [-0.25, -0.2) is 17.5 Å². The summed E-state index contributed by atoms with van der Waals surface area (Å²) in [5.74, 6) is -1.09. The maximum atomic E-state index is 14.1. The average molecular weight is 456 g/mol. The van der Waals surface area contributed by atoms with Crippen LogP contribution in [-0.2, 0) is 26.8 Å². The van der Waals surface area contributed by atoms with Gasteiger partial charge in [-0.2, -0.15) is 0 Å². The van der Waals surface area contributed by atoms with Crippen LogP contribution in [0.2, 0.25) is 0 Å². The number of hydrogen-bond donors (Lipinski definition) is 2. The Labute approximate surface area is 182 Å². The molecule has 0 unspecified atom stereocenters. The largest absolute Gasteiger partial charge is 0.386 e. The Balaban J connectivity index is 2.38. The number of thiophene rings is 1. The van der Waals surface area contributed by atoms with Gasteiger partial charge in [-0.05, 0) is 77.9 Å². The molecule has 1 amide bonds. The van der Waals surface area contributed by atoms with Crippen LogP contribution in [0.15, 0.2) is 21.7 Å². The van der Waals surface area contributed by atoms with Crippen molar-refractivity contribution in [1.82, 2.24) is 4.72 Å². The van der Waals surface area contributed by atoms with Crippen molar-refractivity contribution >= 4 is 27.3 Å². The Bertz CT molecular complexity index is 1020. The number of halogens is 1. The van der Waals surface area contributed by atoms with Crippen LogP contribution in [-0.4, -0.2) is 19.4 Å². The van der Waals surface area contributed by atoms with E-state index in [1.807, 2.05) is 27.7 Å². The van der Waals surface area contributed by atoms with Crippen LogP contribution in [0.25, 0.3) is 0 Å². The van der Waals surface area contributed by atoms with Gasteiger partial charge in [-0.15, -0.1) is 11.3 Å². The maximum Gasteiger partial charge on any atom is 0.273 e. The van der Waals surface area contributed by atoms with Crippen molar-refractivity contribution < 1.29 is 22.7 Å². The van der Waals surface area contributed by atoms with E-state index in [1.54, 1.807) is 26.2 Å². The lowest BCUT2D eigenvalue weighted by atomic mass is 9.87. The number of nitrogens with one attached hydrogen (secondary N) is 1. The van der Waals surface area contributed by atoms with Gasteiger partial charge in [0.2, 0.25) is 5.91 Å². The average Bonchev–Trinajstić information content (AvgIpc) is 2.97. The second kappa shape index (κ2) is 8.77. The molecule has 8 heteroatoms. The predicted molar refractivity (Wildman–Crippen MR) is 118 cm³/mol. The lowest BCUT2D eigenvalue weighted by molar-refractivity contribution is -0.118. The van der Waals surface area contributed by atoms with Crippen molar-refractivity contribution in [3.8, 4) is 0 Å². The summed E-state index contributed by atoms with van der Waals surface area (Å²) in [4.78, 5) is 12.7. The molecule has 0 aliphatic heterocycles. The maximum absolute atomic E-state index is 14.1. The smallest absolute Gasteiger partial charge is 0.273 e. The van der Waals surface area contributed by atoms with Crippen molar-refractivity contribution in [3.05, 3.63) is 51.1 Å². The van der Waals surface area contributed by atoms with Gasteiger partial charge in [0.1, 0.15) is 10.0 Å². The fourth-order valence-electron chi connectivity index (χ4n) is 3.57. The molecule has 0 aliphatic rings. The summed E-state index contributed by atoms with van der Waals surface area (Å²) in [5.41, 5.74) is 1.79. The van der Waals surface area contributed by atoms with E-state index in [0.717, 1.165) is 11.3 Å². The molecule has 166 valence electrons. The van der Waals surface area contributed by atoms with Crippen LogP contribution >= 0.6 is 11.3 Å². The highest BCUT2D eigenvalue weighted by molar-refractivity contribution is 7.92. The van der Waals surface area contributed by atoms with Crippen LogP contribution in [0.5, 0.6) is 0 Å². The number of benzene rings is 1. The Morgan fingerprint density at radius 3 is 2.07 bits per heavy atom. The zero-order valence-corrected chi connectivity index (χ0v) is 20.1. The molecule has 0 bridgehead atoms. The first-order valence-electron chi connectivity index (χ1n) is 9.84. The van der Waals surface area contributed by atoms with Gasteiger partial charge >= 0.3 is 0 Å². The molecule has 2 aromatic rings. The number of carbonyl (C=O) groups is 1. The van der Waals surface area contributed by atoms with Gasteiger partial charge in [-0.1, -0.05) is 27.7 Å². The summed E-state index contributed by atoms with van der Waals surface area (Å²) >= 11 is 0.964. The zero-order chi connectivity index (χ0) is 23.0. The number of carbonyl (C=O) groups excluding carboxylic acids is 1. The third kappa shape index (κ3) is 5.28. The van der Waals surface area contributed by atoms with Crippen molar-refractivity contribution in [3.63, 3.8) is 0 Å². The van der Waals surface area contributed by atoms with E-state index in [-0.39, 0.29) is 28.3 Å². The Hall–Kier alpha value is -1.77. The normalized spacial score (nSPS) is 12.6. The van der Waals surface area contributed by atoms with E-state index < -0.39 is 21.5 Å². The topological polar surface area (TPSA) is 83.5 Å². The van der Waals surface area contributed by atoms with Gasteiger partial charge in [-0.3, -0.25) is 4.79 Å². The Morgan fingerprint density at radius 2 is 1.67 bits per heavy atom. The Morgan fingerprint density at radius 1 is 1.17 bits per heavy atom. The number of aliphatic hydroxyl groups is 1. The molecule has 1 aromatic carbocycles. The van der Waals surface area contributed by atoms with Crippen LogP contribution < -0.4 is 4.72 Å². The van der Waals surface area contributed by atoms with Crippen molar-refractivity contribution in [2.45, 2.75) is 76.5 Å². The minimum Gasteiger partial charge on any atom is -0.386 e. The second-order valence-corrected chi connectivity index (χ2v) is 11.5. The molecule has 30 heavy (non-hydrogen) atoms. The van der Waals surface area contributed by atoms with E-state index in [4.69, 9.17) is 0 Å². The minimum absolute atomic E-state index is 0.000229. The first kappa shape index (κ1) is 24.5. The molecular formula is C22H30FNO4S2. The summed E-state index contributed by atoms with van der Waals surface area (Å²) in [5, 5.41) is 11.8. The standard InChI is InChI=1S/C22H30FNO4S2/c1-12(2)16-8-15(23)9-17(13(3)4)18(16)10-20(25)24-30(27,28)21-14(5)19(11-29-21)22(6,7)26/h8-9,11-13,26H,10H2,1-7H3,(H,24,25). The molecule has 0 aliphatic carbocycles. The third-order valence-electron chi connectivity index (χ3n) is 5.01. The van der Waals surface area contributed by atoms with E-state index in [0.29, 0.717) is 27.8 Å². The quantitative estimate of drug-likeness (QED) is 0.633. The minimum atomic E-state index is -4.09. The van der Waals surface area contributed by atoms with Crippen molar-refractivity contribution in [2.75, 3.05) is 0 Å². The molecule has 1 heterocycles. The number of rotatable bonds is 7. The molecule has 2 N–H and O–H groups in total. The summed E-state index contributed by atoms with van der Waals surface area (Å²) < 4.78 is 41.9. The molecule has 0 saturated heterocycles. The van der Waals surface area contributed by atoms with Crippen LogP contribution in [0, 0.1) is 12.7 Å². The molecule has 0 radical (unpaired) electrons. The first-order valence-corrected chi connectivity index (χ1v) is 12.2. The predicted octanol–water partition coefficient (Wildman–Crippen LogP) is 4.72. The second-order valence-electron chi connectivity index (χ2n) is 8.70. The molecule has 1 aromatic heterocycles. The summed E-state index contributed by atoms with van der Waals surface area (Å²) in [7, 11) is -4.09. The van der Waals surface area contributed by atoms with Gasteiger partial charge in [0.15, 0.2) is 0 Å². The fraction of sp³-hybridized carbons (Fsp3) is 0.500. The lowest BCUT2D eigenvalue weighted by Gasteiger charge is -2.20. The number of hydrogen-bond acceptors (Lipinski definition) is 5. The van der Waals surface area contributed by atoms with Gasteiger partial charge in [0, 0.05) is 0 Å². The Kier molecular flexibility index (Phi) is 7.16. The van der Waals surface area contributed by atoms with Crippen LogP contribution in [0.4, 0.5) is 4.39 Å². The van der Waals surface area contributed by atoms with Gasteiger partial charge < -0.3 is 5.11 Å². The molecule has 2 rings (SSSR count). The molecule has 0 fully saturated rings. The fourth-order valence-corrected chi connectivity index (χ4v) is 6.30. The van der Waals surface area contributed by atoms with E-state index in [1.165, 1.54) is 12.1 Å².